The third-order valence-electron chi connectivity index (χ3n) is 4.04. The monoisotopic (exact) mass is 302 g/mol. The summed E-state index contributed by atoms with van der Waals surface area (Å²) in [6, 6.07) is 8.55. The Morgan fingerprint density at radius 2 is 2.05 bits per heavy atom. The van der Waals surface area contributed by atoms with Crippen LogP contribution in [0.2, 0.25) is 0 Å². The quantitative estimate of drug-likeness (QED) is 0.797. The van der Waals surface area contributed by atoms with Gasteiger partial charge in [0.15, 0.2) is 0 Å². The fourth-order valence-corrected chi connectivity index (χ4v) is 2.86. The van der Waals surface area contributed by atoms with Gasteiger partial charge < -0.3 is 9.64 Å². The largest absolute Gasteiger partial charge is 0.449 e. The highest BCUT2D eigenvalue weighted by molar-refractivity contribution is 5.69. The van der Waals surface area contributed by atoms with E-state index in [2.05, 4.69) is 49.6 Å². The second-order valence-electron chi connectivity index (χ2n) is 5.91. The number of hydrogen-bond donors (Lipinski definition) is 0. The van der Waals surface area contributed by atoms with Crippen molar-refractivity contribution in [3.8, 4) is 0 Å². The van der Waals surface area contributed by atoms with Crippen molar-refractivity contribution in [3.63, 3.8) is 0 Å². The molecule has 1 fully saturated rings. The predicted molar refractivity (Wildman–Crippen MR) is 90.3 cm³/mol. The Morgan fingerprint density at radius 3 is 2.64 bits per heavy atom. The molecule has 4 nitrogen and oxygen atoms in total. The molecule has 0 N–H and O–H groups in total. The zero-order valence-corrected chi connectivity index (χ0v) is 13.8. The van der Waals surface area contributed by atoms with E-state index >= 15 is 0 Å². The molecule has 1 aliphatic rings. The summed E-state index contributed by atoms with van der Waals surface area (Å²) in [4.78, 5) is 16.4. The maximum Gasteiger partial charge on any atom is 0.410 e. The van der Waals surface area contributed by atoms with Crippen LogP contribution in [0.25, 0.3) is 0 Å². The lowest BCUT2D eigenvalue weighted by atomic mass is 10.1. The van der Waals surface area contributed by atoms with Crippen molar-refractivity contribution in [2.75, 3.05) is 24.6 Å². The molecule has 22 heavy (non-hydrogen) atoms. The minimum Gasteiger partial charge on any atom is -0.449 e. The zero-order valence-electron chi connectivity index (χ0n) is 13.8. The fourth-order valence-electron chi connectivity index (χ4n) is 2.86. The lowest BCUT2D eigenvalue weighted by Crippen LogP contribution is -2.59. The molecule has 0 unspecified atom stereocenters. The summed E-state index contributed by atoms with van der Waals surface area (Å²) in [5.74, 6) is 0. The number of carbonyl (C=O) groups is 1. The van der Waals surface area contributed by atoms with Crippen molar-refractivity contribution < 1.29 is 9.53 Å². The molecular formula is C18H26N2O2. The van der Waals surface area contributed by atoms with Crippen molar-refractivity contribution in [1.29, 1.82) is 0 Å². The van der Waals surface area contributed by atoms with Gasteiger partial charge in [-0.2, -0.15) is 0 Å². The lowest BCUT2D eigenvalue weighted by molar-refractivity contribution is 0.0721. The predicted octanol–water partition coefficient (Wildman–Crippen LogP) is 3.61. The number of aryl methyl sites for hydroxylation is 1. The van der Waals surface area contributed by atoms with Gasteiger partial charge in [0.2, 0.25) is 0 Å². The van der Waals surface area contributed by atoms with Crippen molar-refractivity contribution in [2.45, 2.75) is 39.3 Å². The average molecular weight is 302 g/mol. The highest BCUT2D eigenvalue weighted by atomic mass is 16.6. The van der Waals surface area contributed by atoms with Crippen LogP contribution in [0.1, 0.15) is 25.8 Å². The molecular weight excluding hydrogens is 276 g/mol. The molecule has 120 valence electrons. The van der Waals surface area contributed by atoms with Crippen LogP contribution < -0.4 is 4.90 Å². The maximum atomic E-state index is 12.3. The van der Waals surface area contributed by atoms with Gasteiger partial charge in [-0.05, 0) is 32.4 Å². The van der Waals surface area contributed by atoms with Crippen LogP contribution in [0, 0.1) is 6.92 Å². The average Bonchev–Trinajstić information content (AvgIpc) is 2.52. The Kier molecular flexibility index (Phi) is 5.47. The number of ether oxygens (including phenoxy) is 1. The fraction of sp³-hybridized carbons (Fsp3) is 0.500. The van der Waals surface area contributed by atoms with Crippen LogP contribution >= 0.6 is 0 Å². The summed E-state index contributed by atoms with van der Waals surface area (Å²) in [6.45, 7) is 12.1. The SMILES string of the molecule is C=C[C@H]1CN(c2ccc(C)cc2)C[C@@H](C)N1C(=O)OCCC. The summed E-state index contributed by atoms with van der Waals surface area (Å²) < 4.78 is 5.31. The Morgan fingerprint density at radius 1 is 1.36 bits per heavy atom. The molecule has 1 amide bonds. The molecule has 0 radical (unpaired) electrons. The van der Waals surface area contributed by atoms with Crippen molar-refractivity contribution in [2.24, 2.45) is 0 Å². The molecule has 1 aromatic rings. The summed E-state index contributed by atoms with van der Waals surface area (Å²) in [5.41, 5.74) is 2.43. The number of carbonyl (C=O) groups excluding carboxylic acids is 1. The van der Waals surface area contributed by atoms with Crippen molar-refractivity contribution in [1.82, 2.24) is 4.90 Å². The van der Waals surface area contributed by atoms with E-state index in [1.54, 1.807) is 0 Å². The Bertz CT molecular complexity index is 512. The molecule has 0 spiro atoms. The van der Waals surface area contributed by atoms with Gasteiger partial charge in [0.25, 0.3) is 0 Å². The molecule has 2 rings (SSSR count). The summed E-state index contributed by atoms with van der Waals surface area (Å²) in [5, 5.41) is 0. The first-order valence-electron chi connectivity index (χ1n) is 7.96. The van der Waals surface area contributed by atoms with E-state index in [0.29, 0.717) is 6.61 Å². The third-order valence-corrected chi connectivity index (χ3v) is 4.04. The molecule has 1 heterocycles. The Hall–Kier alpha value is -1.97. The van der Waals surface area contributed by atoms with Gasteiger partial charge in [-0.3, -0.25) is 4.90 Å². The van der Waals surface area contributed by atoms with Crippen LogP contribution in [-0.4, -0.2) is 42.8 Å². The van der Waals surface area contributed by atoms with Gasteiger partial charge in [-0.1, -0.05) is 30.7 Å². The number of amides is 1. The van der Waals surface area contributed by atoms with E-state index in [-0.39, 0.29) is 18.2 Å². The van der Waals surface area contributed by atoms with Crippen LogP contribution in [0.15, 0.2) is 36.9 Å². The first-order valence-corrected chi connectivity index (χ1v) is 7.96. The Labute approximate surface area is 133 Å². The number of nitrogens with zero attached hydrogens (tertiary/aromatic N) is 2. The van der Waals surface area contributed by atoms with E-state index < -0.39 is 0 Å². The molecule has 1 aromatic carbocycles. The van der Waals surface area contributed by atoms with Crippen molar-refractivity contribution in [3.05, 3.63) is 42.5 Å². The van der Waals surface area contributed by atoms with Crippen LogP contribution in [0.4, 0.5) is 10.5 Å². The third kappa shape index (κ3) is 3.62. The highest BCUT2D eigenvalue weighted by Crippen LogP contribution is 2.24. The van der Waals surface area contributed by atoms with Gasteiger partial charge in [0, 0.05) is 18.8 Å². The van der Waals surface area contributed by atoms with E-state index in [0.717, 1.165) is 19.5 Å². The molecule has 0 aliphatic carbocycles. The minimum absolute atomic E-state index is 0.0330. The number of anilines is 1. The van der Waals surface area contributed by atoms with E-state index in [4.69, 9.17) is 4.74 Å². The van der Waals surface area contributed by atoms with Gasteiger partial charge in [-0.25, -0.2) is 4.79 Å². The maximum absolute atomic E-state index is 12.3. The molecule has 1 saturated heterocycles. The minimum atomic E-state index is -0.234. The topological polar surface area (TPSA) is 32.8 Å². The zero-order chi connectivity index (χ0) is 16.1. The van der Waals surface area contributed by atoms with Gasteiger partial charge >= 0.3 is 6.09 Å². The first kappa shape index (κ1) is 16.4. The van der Waals surface area contributed by atoms with Crippen molar-refractivity contribution >= 4 is 11.8 Å². The molecule has 0 saturated carbocycles. The van der Waals surface area contributed by atoms with Crippen LogP contribution in [-0.2, 0) is 4.74 Å². The van der Waals surface area contributed by atoms with E-state index in [9.17, 15) is 4.79 Å². The summed E-state index contributed by atoms with van der Waals surface area (Å²) >= 11 is 0. The first-order chi connectivity index (χ1) is 10.6. The Balaban J connectivity index is 2.12. The lowest BCUT2D eigenvalue weighted by Gasteiger charge is -2.44. The normalized spacial score (nSPS) is 21.6. The van der Waals surface area contributed by atoms with Crippen LogP contribution in [0.3, 0.4) is 0 Å². The summed E-state index contributed by atoms with van der Waals surface area (Å²) in [7, 11) is 0. The van der Waals surface area contributed by atoms with Gasteiger partial charge in [-0.15, -0.1) is 6.58 Å². The molecule has 4 heteroatoms. The molecule has 0 aromatic heterocycles. The number of hydrogen-bond acceptors (Lipinski definition) is 3. The van der Waals surface area contributed by atoms with E-state index in [1.807, 2.05) is 17.9 Å². The van der Waals surface area contributed by atoms with E-state index in [1.165, 1.54) is 11.3 Å². The second-order valence-corrected chi connectivity index (χ2v) is 5.91. The van der Waals surface area contributed by atoms with Gasteiger partial charge in [0.1, 0.15) is 0 Å². The number of piperazine rings is 1. The molecule has 1 aliphatic heterocycles. The van der Waals surface area contributed by atoms with Gasteiger partial charge in [0.05, 0.1) is 18.7 Å². The molecule has 2 atom stereocenters. The highest BCUT2D eigenvalue weighted by Gasteiger charge is 2.34. The number of benzene rings is 1. The summed E-state index contributed by atoms with van der Waals surface area (Å²) in [6.07, 6.45) is 2.44. The van der Waals surface area contributed by atoms with Crippen LogP contribution in [0.5, 0.6) is 0 Å². The second kappa shape index (κ2) is 7.34. The number of rotatable bonds is 4. The smallest absolute Gasteiger partial charge is 0.410 e. The standard InChI is InChI=1S/C18H26N2O2/c1-5-11-22-18(21)20-15(4)12-19(13-16(20)6-2)17-9-7-14(3)8-10-17/h6-10,15-16H,2,5,11-13H2,1,3-4H3/t15-,16+/m1/s1. The molecule has 0 bridgehead atoms.